The highest BCUT2D eigenvalue weighted by molar-refractivity contribution is 8.01. The molecule has 1 N–H and O–H groups in total. The number of H-pyrrole nitrogens is 1. The molecule has 3 heterocycles. The van der Waals surface area contributed by atoms with E-state index >= 15 is 0 Å². The normalized spacial score (nSPS) is 10.9. The average Bonchev–Trinajstić information content (AvgIpc) is 3.05. The third kappa shape index (κ3) is 2.50. The van der Waals surface area contributed by atoms with Crippen molar-refractivity contribution in [2.24, 2.45) is 0 Å². The molecule has 8 nitrogen and oxygen atoms in total. The summed E-state index contributed by atoms with van der Waals surface area (Å²) in [5.74, 6) is -0.204. The van der Waals surface area contributed by atoms with Crippen molar-refractivity contribution in [1.29, 1.82) is 0 Å². The summed E-state index contributed by atoms with van der Waals surface area (Å²) in [6.45, 7) is 1.38. The monoisotopic (exact) mass is 321 g/mol. The molecule has 0 bridgehead atoms. The minimum atomic E-state index is -0.503. The van der Waals surface area contributed by atoms with E-state index in [0.29, 0.717) is 25.3 Å². The van der Waals surface area contributed by atoms with Crippen LogP contribution in [-0.4, -0.2) is 30.6 Å². The van der Waals surface area contributed by atoms with Gasteiger partial charge >= 0.3 is 0 Å². The summed E-state index contributed by atoms with van der Waals surface area (Å²) in [6, 6.07) is 1.29. The molecule has 0 fully saturated rings. The maximum atomic E-state index is 11.4. The number of imidazole rings is 1. The molecule has 0 atom stereocenters. The van der Waals surface area contributed by atoms with Crippen LogP contribution in [0, 0.1) is 10.1 Å². The first kappa shape index (κ1) is 13.6. The lowest BCUT2D eigenvalue weighted by Crippen LogP contribution is -1.89. The van der Waals surface area contributed by atoms with E-state index in [9.17, 15) is 14.9 Å². The zero-order valence-electron chi connectivity index (χ0n) is 10.6. The van der Waals surface area contributed by atoms with Gasteiger partial charge in [-0.2, -0.15) is 0 Å². The fraction of sp³-hybridized carbons (Fsp3) is 0.0909. The summed E-state index contributed by atoms with van der Waals surface area (Å²) in [5.41, 5.74) is 0.995. The van der Waals surface area contributed by atoms with Crippen LogP contribution in [0.3, 0.4) is 0 Å². The molecule has 3 aromatic rings. The number of carbonyl (C=O) groups is 1. The highest BCUT2D eigenvalue weighted by atomic mass is 32.2. The Labute approximate surface area is 125 Å². The second kappa shape index (κ2) is 5.22. The smallest absolute Gasteiger partial charge is 0.294 e. The number of nitro groups is 1. The van der Waals surface area contributed by atoms with E-state index in [1.165, 1.54) is 25.6 Å². The van der Waals surface area contributed by atoms with Gasteiger partial charge in [0.2, 0.25) is 0 Å². The molecule has 0 aliphatic rings. The summed E-state index contributed by atoms with van der Waals surface area (Å²) < 4.78 is 0.403. The predicted molar refractivity (Wildman–Crippen MR) is 76.8 cm³/mol. The Balaban J connectivity index is 2.07. The van der Waals surface area contributed by atoms with Crippen LogP contribution < -0.4 is 0 Å². The van der Waals surface area contributed by atoms with Crippen molar-refractivity contribution < 1.29 is 9.72 Å². The molecule has 3 rings (SSSR count). The molecule has 0 saturated carbocycles. The van der Waals surface area contributed by atoms with Crippen molar-refractivity contribution in [3.63, 3.8) is 0 Å². The number of ketones is 1. The summed E-state index contributed by atoms with van der Waals surface area (Å²) in [6.07, 6.45) is 2.82. The first-order valence-electron chi connectivity index (χ1n) is 5.67. The van der Waals surface area contributed by atoms with Gasteiger partial charge in [-0.05, 0) is 18.7 Å². The van der Waals surface area contributed by atoms with Crippen molar-refractivity contribution >= 4 is 45.7 Å². The van der Waals surface area contributed by atoms with E-state index in [1.54, 1.807) is 0 Å². The summed E-state index contributed by atoms with van der Waals surface area (Å²) >= 11 is 2.20. The number of nitrogens with one attached hydrogen (secondary N) is 1. The van der Waals surface area contributed by atoms with Crippen LogP contribution in [-0.2, 0) is 0 Å². The van der Waals surface area contributed by atoms with Crippen LogP contribution in [0.25, 0.3) is 11.2 Å². The van der Waals surface area contributed by atoms with Gasteiger partial charge < -0.3 is 4.98 Å². The highest BCUT2D eigenvalue weighted by Crippen LogP contribution is 2.42. The molecular formula is C11H7N5O3S2. The van der Waals surface area contributed by atoms with Gasteiger partial charge in [0.1, 0.15) is 21.1 Å². The number of carbonyl (C=O) groups excluding carboxylic acids is 1. The molecule has 0 aliphatic carbocycles. The molecule has 10 heteroatoms. The number of aromatic nitrogens is 4. The van der Waals surface area contributed by atoms with Gasteiger partial charge in [0.05, 0.1) is 16.1 Å². The van der Waals surface area contributed by atoms with Crippen molar-refractivity contribution in [2.75, 3.05) is 0 Å². The molecule has 21 heavy (non-hydrogen) atoms. The SMILES string of the molecule is CC(=O)c1cc([N+](=O)[O-])c(Sc2ncnc3nc[nH]c23)s1. The van der Waals surface area contributed by atoms with E-state index in [-0.39, 0.29) is 11.5 Å². The standard InChI is InChI=1S/C11H7N5O3S2/c1-5(17)7-2-6(16(18)19)11(20-7)21-10-8-9(13-3-12-8)14-4-15-10/h2-4H,1H3,(H,12,13,14,15). The highest BCUT2D eigenvalue weighted by Gasteiger charge is 2.23. The summed E-state index contributed by atoms with van der Waals surface area (Å²) in [7, 11) is 0. The number of hydrogen-bond donors (Lipinski definition) is 1. The van der Waals surface area contributed by atoms with E-state index in [1.807, 2.05) is 0 Å². The number of thiophene rings is 1. The largest absolute Gasteiger partial charge is 0.341 e. The first-order valence-corrected chi connectivity index (χ1v) is 7.30. The van der Waals surface area contributed by atoms with Crippen LogP contribution in [0.5, 0.6) is 0 Å². The Morgan fingerprint density at radius 1 is 1.43 bits per heavy atom. The molecule has 0 unspecified atom stereocenters. The topological polar surface area (TPSA) is 115 Å². The van der Waals surface area contributed by atoms with Gasteiger partial charge in [0.25, 0.3) is 5.69 Å². The number of rotatable bonds is 4. The Kier molecular flexibility index (Phi) is 3.39. The second-order valence-electron chi connectivity index (χ2n) is 3.98. The quantitative estimate of drug-likeness (QED) is 0.340. The van der Waals surface area contributed by atoms with Crippen molar-refractivity contribution in [1.82, 2.24) is 19.9 Å². The van der Waals surface area contributed by atoms with E-state index in [2.05, 4.69) is 19.9 Å². The van der Waals surface area contributed by atoms with Gasteiger partial charge in [0, 0.05) is 6.07 Å². The maximum absolute atomic E-state index is 11.4. The number of fused-ring (bicyclic) bond motifs is 1. The van der Waals surface area contributed by atoms with Crippen LogP contribution in [0.15, 0.2) is 28.0 Å². The van der Waals surface area contributed by atoms with Crippen molar-refractivity contribution in [3.05, 3.63) is 33.7 Å². The third-order valence-corrected chi connectivity index (χ3v) is 5.02. The summed E-state index contributed by atoms with van der Waals surface area (Å²) in [5, 5.41) is 11.6. The Morgan fingerprint density at radius 2 is 2.24 bits per heavy atom. The van der Waals surface area contributed by atoms with E-state index < -0.39 is 4.92 Å². The third-order valence-electron chi connectivity index (χ3n) is 2.60. The number of nitrogens with zero attached hydrogens (tertiary/aromatic N) is 4. The first-order chi connectivity index (χ1) is 10.1. The second-order valence-corrected chi connectivity index (χ2v) is 6.29. The number of Topliss-reactive ketones (excluding diaryl/α,β-unsaturated/α-hetero) is 1. The lowest BCUT2D eigenvalue weighted by molar-refractivity contribution is -0.387. The summed E-state index contributed by atoms with van der Waals surface area (Å²) in [4.78, 5) is 37.3. The molecular weight excluding hydrogens is 314 g/mol. The minimum Gasteiger partial charge on any atom is -0.341 e. The zero-order chi connectivity index (χ0) is 15.0. The van der Waals surface area contributed by atoms with Crippen LogP contribution >= 0.6 is 23.1 Å². The van der Waals surface area contributed by atoms with E-state index in [0.717, 1.165) is 23.1 Å². The fourth-order valence-corrected chi connectivity index (χ4v) is 3.84. The Bertz CT molecular complexity index is 857. The average molecular weight is 321 g/mol. The van der Waals surface area contributed by atoms with Gasteiger partial charge in [-0.3, -0.25) is 14.9 Å². The van der Waals surface area contributed by atoms with Gasteiger partial charge in [-0.1, -0.05) is 0 Å². The van der Waals surface area contributed by atoms with Gasteiger partial charge in [-0.15, -0.1) is 11.3 Å². The van der Waals surface area contributed by atoms with Crippen LogP contribution in [0.2, 0.25) is 0 Å². The molecule has 0 aliphatic heterocycles. The van der Waals surface area contributed by atoms with Crippen molar-refractivity contribution in [3.8, 4) is 0 Å². The van der Waals surface area contributed by atoms with Gasteiger partial charge in [-0.25, -0.2) is 15.0 Å². The lowest BCUT2D eigenvalue weighted by atomic mass is 10.3. The zero-order valence-corrected chi connectivity index (χ0v) is 12.2. The minimum absolute atomic E-state index is 0.0959. The number of aromatic amines is 1. The molecule has 0 aromatic carbocycles. The van der Waals surface area contributed by atoms with Crippen LogP contribution in [0.1, 0.15) is 16.6 Å². The Morgan fingerprint density at radius 3 is 2.95 bits per heavy atom. The van der Waals surface area contributed by atoms with Crippen molar-refractivity contribution in [2.45, 2.75) is 16.2 Å². The molecule has 3 aromatic heterocycles. The van der Waals surface area contributed by atoms with Gasteiger partial charge in [0.15, 0.2) is 11.4 Å². The molecule has 0 spiro atoms. The Hall–Kier alpha value is -2.33. The number of hydrogen-bond acceptors (Lipinski definition) is 8. The molecule has 106 valence electrons. The molecule has 0 saturated heterocycles. The molecule has 0 amide bonds. The predicted octanol–water partition coefficient (Wildman–Crippen LogP) is 2.68. The lowest BCUT2D eigenvalue weighted by Gasteiger charge is -1.98. The fourth-order valence-electron chi connectivity index (χ4n) is 1.65. The van der Waals surface area contributed by atoms with E-state index in [4.69, 9.17) is 0 Å². The maximum Gasteiger partial charge on any atom is 0.294 e. The van der Waals surface area contributed by atoms with Crippen LogP contribution in [0.4, 0.5) is 5.69 Å². The molecule has 0 radical (unpaired) electrons.